The molecule has 1 aromatic carbocycles. The topological polar surface area (TPSA) is 55.0 Å². The molecule has 16 heavy (non-hydrogen) atoms. The van der Waals surface area contributed by atoms with Crippen LogP contribution in [0.25, 0.3) is 11.3 Å². The first-order valence-corrected chi connectivity index (χ1v) is 4.50. The van der Waals surface area contributed by atoms with Crippen LogP contribution in [0, 0.1) is 0 Å². The number of rotatable bonds is 2. The molecule has 0 unspecified atom stereocenters. The molecule has 2 aromatic rings. The second-order valence-corrected chi connectivity index (χ2v) is 3.02. The molecule has 0 spiro atoms. The van der Waals surface area contributed by atoms with Crippen LogP contribution in [0.4, 0.5) is 0 Å². The highest BCUT2D eigenvalue weighted by Crippen LogP contribution is 2.16. The summed E-state index contributed by atoms with van der Waals surface area (Å²) in [6.45, 7) is 0. The fraction of sp³-hybridized carbons (Fsp3) is 0.0909. The number of aromatic nitrogens is 2. The van der Waals surface area contributed by atoms with Crippen LogP contribution in [0.5, 0.6) is 0 Å². The van der Waals surface area contributed by atoms with E-state index >= 15 is 0 Å². The number of ether oxygens (including phenoxy) is 1. The van der Waals surface area contributed by atoms with Gasteiger partial charge < -0.3 is 4.74 Å². The molecule has 84 valence electrons. The van der Waals surface area contributed by atoms with Gasteiger partial charge in [-0.1, -0.05) is 30.3 Å². The predicted octanol–water partition coefficient (Wildman–Crippen LogP) is 2.29. The number of nitrogens with one attached hydrogen (secondary N) is 1. The van der Waals surface area contributed by atoms with Crippen molar-refractivity contribution in [2.75, 3.05) is 7.11 Å². The van der Waals surface area contributed by atoms with E-state index in [2.05, 4.69) is 14.9 Å². The van der Waals surface area contributed by atoms with Gasteiger partial charge in [-0.2, -0.15) is 5.10 Å². The summed E-state index contributed by atoms with van der Waals surface area (Å²) in [6.07, 6.45) is 0. The van der Waals surface area contributed by atoms with Gasteiger partial charge in [0.15, 0.2) is 0 Å². The molecule has 4 nitrogen and oxygen atoms in total. The fourth-order valence-corrected chi connectivity index (χ4v) is 1.29. The van der Waals surface area contributed by atoms with E-state index in [1.807, 2.05) is 30.3 Å². The predicted molar refractivity (Wildman–Crippen MR) is 62.6 cm³/mol. The lowest BCUT2D eigenvalue weighted by Gasteiger charge is -1.93. The Morgan fingerprint density at radius 3 is 2.62 bits per heavy atom. The minimum atomic E-state index is -0.412. The first kappa shape index (κ1) is 12.3. The molecule has 0 aliphatic carbocycles. The van der Waals surface area contributed by atoms with Gasteiger partial charge in [0.2, 0.25) is 0 Å². The van der Waals surface area contributed by atoms with Crippen LogP contribution >= 0.6 is 12.4 Å². The van der Waals surface area contributed by atoms with Crippen LogP contribution in [-0.4, -0.2) is 23.3 Å². The molecule has 2 rings (SSSR count). The molecule has 0 aliphatic heterocycles. The minimum absolute atomic E-state index is 0. The number of methoxy groups -OCH3 is 1. The van der Waals surface area contributed by atoms with Gasteiger partial charge in [-0.25, -0.2) is 4.79 Å². The highest BCUT2D eigenvalue weighted by atomic mass is 35.5. The minimum Gasteiger partial charge on any atom is -0.464 e. The zero-order valence-corrected chi connectivity index (χ0v) is 9.45. The maximum absolute atomic E-state index is 11.2. The first-order valence-electron chi connectivity index (χ1n) is 4.50. The monoisotopic (exact) mass is 238 g/mol. The number of nitrogens with zero attached hydrogens (tertiary/aromatic N) is 1. The molecule has 0 saturated carbocycles. The number of esters is 1. The third-order valence-electron chi connectivity index (χ3n) is 2.05. The Hall–Kier alpha value is -1.81. The molecule has 0 bridgehead atoms. The average Bonchev–Trinajstić information content (AvgIpc) is 2.78. The Labute approximate surface area is 99.0 Å². The van der Waals surface area contributed by atoms with Crippen LogP contribution in [0.2, 0.25) is 0 Å². The fourth-order valence-electron chi connectivity index (χ4n) is 1.29. The SMILES string of the molecule is COC(=O)c1cc(-c2ccccc2)n[nH]1.Cl. The highest BCUT2D eigenvalue weighted by molar-refractivity contribution is 5.88. The smallest absolute Gasteiger partial charge is 0.356 e. The van der Waals surface area contributed by atoms with Gasteiger partial charge in [0.25, 0.3) is 0 Å². The van der Waals surface area contributed by atoms with Crippen molar-refractivity contribution in [1.82, 2.24) is 10.2 Å². The van der Waals surface area contributed by atoms with Gasteiger partial charge in [0, 0.05) is 5.56 Å². The number of carbonyl (C=O) groups excluding carboxylic acids is 1. The van der Waals surface area contributed by atoms with Crippen LogP contribution in [0.1, 0.15) is 10.5 Å². The van der Waals surface area contributed by atoms with E-state index < -0.39 is 5.97 Å². The molecule has 1 N–H and O–H groups in total. The zero-order chi connectivity index (χ0) is 10.7. The molecule has 0 atom stereocenters. The van der Waals surface area contributed by atoms with E-state index in [1.54, 1.807) is 6.07 Å². The van der Waals surface area contributed by atoms with E-state index in [-0.39, 0.29) is 12.4 Å². The standard InChI is InChI=1S/C11H10N2O2.ClH/c1-15-11(14)10-7-9(12-13-10)8-5-3-2-4-6-8;/h2-7H,1H3,(H,12,13);1H. The Morgan fingerprint density at radius 2 is 2.00 bits per heavy atom. The van der Waals surface area contributed by atoms with Gasteiger partial charge in [-0.05, 0) is 6.07 Å². The largest absolute Gasteiger partial charge is 0.464 e. The van der Waals surface area contributed by atoms with E-state index in [9.17, 15) is 4.79 Å². The molecular formula is C11H11ClN2O2. The summed E-state index contributed by atoms with van der Waals surface area (Å²) in [5.74, 6) is -0.412. The lowest BCUT2D eigenvalue weighted by atomic mass is 10.1. The van der Waals surface area contributed by atoms with Crippen LogP contribution in [0.3, 0.4) is 0 Å². The average molecular weight is 239 g/mol. The van der Waals surface area contributed by atoms with Crippen LogP contribution in [0.15, 0.2) is 36.4 Å². The normalized spacial score (nSPS) is 9.31. The number of hydrogen-bond donors (Lipinski definition) is 1. The van der Waals surface area contributed by atoms with E-state index in [0.29, 0.717) is 5.69 Å². The number of H-pyrrole nitrogens is 1. The van der Waals surface area contributed by atoms with Gasteiger partial charge in [-0.3, -0.25) is 5.10 Å². The lowest BCUT2D eigenvalue weighted by Crippen LogP contribution is -2.00. The molecular weight excluding hydrogens is 228 g/mol. The van der Waals surface area contributed by atoms with E-state index in [1.165, 1.54) is 7.11 Å². The third-order valence-corrected chi connectivity index (χ3v) is 2.05. The van der Waals surface area contributed by atoms with Crippen LogP contribution in [-0.2, 0) is 4.74 Å². The zero-order valence-electron chi connectivity index (χ0n) is 8.64. The summed E-state index contributed by atoms with van der Waals surface area (Å²) < 4.78 is 4.58. The number of hydrogen-bond acceptors (Lipinski definition) is 3. The Bertz CT molecular complexity index is 468. The molecule has 1 heterocycles. The highest BCUT2D eigenvalue weighted by Gasteiger charge is 2.10. The Morgan fingerprint density at radius 1 is 1.31 bits per heavy atom. The number of aromatic amines is 1. The summed E-state index contributed by atoms with van der Waals surface area (Å²) in [4.78, 5) is 11.2. The molecule has 1 aromatic heterocycles. The quantitative estimate of drug-likeness (QED) is 0.817. The molecule has 0 aliphatic rings. The van der Waals surface area contributed by atoms with Gasteiger partial charge in [-0.15, -0.1) is 12.4 Å². The van der Waals surface area contributed by atoms with Gasteiger partial charge >= 0.3 is 5.97 Å². The summed E-state index contributed by atoms with van der Waals surface area (Å²) in [6, 6.07) is 11.3. The molecule has 0 fully saturated rings. The Balaban J connectivity index is 0.00000128. The van der Waals surface area contributed by atoms with Crippen molar-refractivity contribution in [3.05, 3.63) is 42.1 Å². The molecule has 0 radical (unpaired) electrons. The van der Waals surface area contributed by atoms with Crippen molar-refractivity contribution in [1.29, 1.82) is 0 Å². The molecule has 0 saturated heterocycles. The van der Waals surface area contributed by atoms with Gasteiger partial charge in [0.05, 0.1) is 12.8 Å². The summed E-state index contributed by atoms with van der Waals surface area (Å²) in [5, 5.41) is 6.66. The molecule has 5 heteroatoms. The molecule has 0 amide bonds. The van der Waals surface area contributed by atoms with Crippen molar-refractivity contribution in [3.8, 4) is 11.3 Å². The number of benzene rings is 1. The maximum atomic E-state index is 11.2. The van der Waals surface area contributed by atoms with Crippen molar-refractivity contribution in [3.63, 3.8) is 0 Å². The van der Waals surface area contributed by atoms with Gasteiger partial charge in [0.1, 0.15) is 5.69 Å². The van der Waals surface area contributed by atoms with Crippen molar-refractivity contribution < 1.29 is 9.53 Å². The van der Waals surface area contributed by atoms with Crippen molar-refractivity contribution in [2.45, 2.75) is 0 Å². The maximum Gasteiger partial charge on any atom is 0.356 e. The van der Waals surface area contributed by atoms with E-state index in [0.717, 1.165) is 11.3 Å². The Kier molecular flexibility index (Phi) is 4.08. The second-order valence-electron chi connectivity index (χ2n) is 3.02. The summed E-state index contributed by atoms with van der Waals surface area (Å²) >= 11 is 0. The van der Waals surface area contributed by atoms with E-state index in [4.69, 9.17) is 0 Å². The summed E-state index contributed by atoms with van der Waals surface area (Å²) in [7, 11) is 1.34. The number of halogens is 1. The second kappa shape index (κ2) is 5.32. The third kappa shape index (κ3) is 2.41. The van der Waals surface area contributed by atoms with Crippen LogP contribution < -0.4 is 0 Å². The lowest BCUT2D eigenvalue weighted by molar-refractivity contribution is 0.0594. The van der Waals surface area contributed by atoms with Crippen molar-refractivity contribution in [2.24, 2.45) is 0 Å². The summed E-state index contributed by atoms with van der Waals surface area (Å²) in [5.41, 5.74) is 2.05. The number of carbonyl (C=O) groups is 1. The van der Waals surface area contributed by atoms with Crippen molar-refractivity contribution >= 4 is 18.4 Å². The first-order chi connectivity index (χ1) is 7.31.